The number of nitrogens with zero attached hydrogens (tertiary/aromatic N) is 2. The van der Waals surface area contributed by atoms with Gasteiger partial charge in [0, 0.05) is 19.1 Å². The van der Waals surface area contributed by atoms with Gasteiger partial charge in [0.05, 0.1) is 23.1 Å². The van der Waals surface area contributed by atoms with E-state index in [1.54, 1.807) is 4.90 Å². The fourth-order valence-electron chi connectivity index (χ4n) is 7.79. The van der Waals surface area contributed by atoms with Crippen LogP contribution in [0.15, 0.2) is 6.07 Å². The first kappa shape index (κ1) is 31.2. The predicted octanol–water partition coefficient (Wildman–Crippen LogP) is 0.0901. The van der Waals surface area contributed by atoms with E-state index < -0.39 is 99.4 Å². The quantitative estimate of drug-likeness (QED) is 0.335. The molecule has 14 heteroatoms. The summed E-state index contributed by atoms with van der Waals surface area (Å²) in [7, 11) is 2.84. The Morgan fingerprint density at radius 2 is 1.77 bits per heavy atom. The number of carbonyl (C=O) groups is 5. The number of fused-ring (bicyclic) bond motifs is 3. The number of aliphatic hydroxyl groups excluding tert-OH is 1. The molecule has 0 bridgehead atoms. The molecule has 1 aliphatic heterocycles. The number of ketones is 4. The number of piperidine rings is 1. The second kappa shape index (κ2) is 10.8. The molecule has 1 aromatic carbocycles. The molecule has 3 fully saturated rings. The van der Waals surface area contributed by atoms with Gasteiger partial charge in [0.25, 0.3) is 0 Å². The Morgan fingerprint density at radius 3 is 2.30 bits per heavy atom. The maximum atomic E-state index is 14.7. The van der Waals surface area contributed by atoms with E-state index in [2.05, 4.69) is 0 Å². The van der Waals surface area contributed by atoms with Crippen molar-refractivity contribution in [3.8, 4) is 5.75 Å². The van der Waals surface area contributed by atoms with Crippen molar-refractivity contribution in [3.63, 3.8) is 0 Å². The number of benzene rings is 1. The van der Waals surface area contributed by atoms with Crippen LogP contribution >= 0.6 is 0 Å². The summed E-state index contributed by atoms with van der Waals surface area (Å²) >= 11 is 0. The number of likely N-dealkylation sites (tertiary alicyclic amines) is 1. The van der Waals surface area contributed by atoms with Crippen molar-refractivity contribution >= 4 is 29.0 Å². The molecule has 0 radical (unpaired) electrons. The molecule has 0 aromatic heterocycles. The van der Waals surface area contributed by atoms with Crippen molar-refractivity contribution in [1.82, 2.24) is 9.80 Å². The summed E-state index contributed by atoms with van der Waals surface area (Å²) in [5, 5.41) is 31.9. The van der Waals surface area contributed by atoms with E-state index in [0.29, 0.717) is 25.9 Å². The summed E-state index contributed by atoms with van der Waals surface area (Å²) in [4.78, 5) is 69.3. The van der Waals surface area contributed by atoms with Gasteiger partial charge in [-0.2, -0.15) is 13.2 Å². The number of aromatic hydroxyl groups is 1. The summed E-state index contributed by atoms with van der Waals surface area (Å²) in [6.07, 6.45) is -4.58. The number of phenolic OH excluding ortho intramolecular Hbond substituents is 1. The molecular formula is C29H34F3N3O8. The van der Waals surface area contributed by atoms with Crippen molar-refractivity contribution in [1.29, 1.82) is 0 Å². The normalized spacial score (nSPS) is 32.0. The highest BCUT2D eigenvalue weighted by molar-refractivity contribution is 6.32. The molecule has 6 atom stereocenters. The van der Waals surface area contributed by atoms with Crippen LogP contribution in [0.2, 0.25) is 0 Å². The van der Waals surface area contributed by atoms with Crippen LogP contribution in [0, 0.1) is 29.6 Å². The van der Waals surface area contributed by atoms with Crippen LogP contribution < -0.4 is 5.73 Å². The highest BCUT2D eigenvalue weighted by Gasteiger charge is 2.69. The molecule has 1 aromatic rings. The lowest BCUT2D eigenvalue weighted by Gasteiger charge is -2.52. The van der Waals surface area contributed by atoms with Gasteiger partial charge >= 0.3 is 6.18 Å². The zero-order valence-electron chi connectivity index (χ0n) is 23.7. The molecule has 2 saturated carbocycles. The van der Waals surface area contributed by atoms with E-state index in [4.69, 9.17) is 5.73 Å². The number of nitrogens with two attached hydrogens (primary N) is 1. The van der Waals surface area contributed by atoms with Gasteiger partial charge in [-0.1, -0.05) is 0 Å². The number of halogens is 3. The summed E-state index contributed by atoms with van der Waals surface area (Å²) in [5.74, 6) is -13.4. The second-order valence-electron chi connectivity index (χ2n) is 12.5. The Balaban J connectivity index is 1.60. The standard InChI is InChI=1S/C29H34F3N3O8/c1-34(2)22-16-8-13-7-15-19(23(38)18(13)25(40)28(16,43)26(41)20(24(22)39)27(33)42)17(37)9-14(21(15)29(30,31)32)10-35-5-3-12(11-36)4-6-35/h9,12-13,16,18,20,22,36-37,43H,3-8,10-11H2,1-2H3,(H2,33,42)/t13-,16-,18?,20?,22-,28-/m0/s1. The maximum Gasteiger partial charge on any atom is 0.417 e. The Hall–Kier alpha value is -3.20. The van der Waals surface area contributed by atoms with Crippen LogP contribution in [0.5, 0.6) is 5.75 Å². The molecule has 11 nitrogen and oxygen atoms in total. The first-order valence-electron chi connectivity index (χ1n) is 14.2. The largest absolute Gasteiger partial charge is 0.507 e. The average molecular weight is 610 g/mol. The molecule has 1 heterocycles. The maximum absolute atomic E-state index is 14.7. The monoisotopic (exact) mass is 609 g/mol. The second-order valence-corrected chi connectivity index (χ2v) is 12.5. The van der Waals surface area contributed by atoms with E-state index >= 15 is 0 Å². The number of likely N-dealkylation sites (N-methyl/N-ethyl adjacent to an activating group) is 1. The molecule has 1 amide bonds. The van der Waals surface area contributed by atoms with E-state index in [0.717, 1.165) is 6.07 Å². The van der Waals surface area contributed by atoms with E-state index in [9.17, 15) is 52.5 Å². The third-order valence-corrected chi connectivity index (χ3v) is 9.79. The summed E-state index contributed by atoms with van der Waals surface area (Å²) in [6, 6.07) is -0.483. The highest BCUT2D eigenvalue weighted by atomic mass is 19.4. The molecule has 234 valence electrons. The Bertz CT molecular complexity index is 1400. The first-order valence-corrected chi connectivity index (χ1v) is 14.2. The highest BCUT2D eigenvalue weighted by Crippen LogP contribution is 2.52. The van der Waals surface area contributed by atoms with Gasteiger partial charge in [0.15, 0.2) is 34.7 Å². The van der Waals surface area contributed by atoms with Gasteiger partial charge in [-0.3, -0.25) is 33.8 Å². The van der Waals surface area contributed by atoms with Crippen molar-refractivity contribution in [2.75, 3.05) is 33.8 Å². The summed E-state index contributed by atoms with van der Waals surface area (Å²) in [6.45, 7) is 0.672. The lowest BCUT2D eigenvalue weighted by Crippen LogP contribution is -2.74. The van der Waals surface area contributed by atoms with Crippen LogP contribution in [0.3, 0.4) is 0 Å². The lowest BCUT2D eigenvalue weighted by molar-refractivity contribution is -0.181. The van der Waals surface area contributed by atoms with Crippen LogP contribution in [0.1, 0.15) is 46.3 Å². The van der Waals surface area contributed by atoms with Gasteiger partial charge < -0.3 is 21.1 Å². The third kappa shape index (κ3) is 4.78. The van der Waals surface area contributed by atoms with Crippen LogP contribution in [0.4, 0.5) is 13.2 Å². The van der Waals surface area contributed by atoms with Gasteiger partial charge in [-0.15, -0.1) is 0 Å². The minimum atomic E-state index is -4.93. The number of amides is 1. The lowest BCUT2D eigenvalue weighted by atomic mass is 9.52. The van der Waals surface area contributed by atoms with Gasteiger partial charge in [0.1, 0.15) is 5.75 Å². The number of Topliss-reactive ketones (excluding diaryl/α,β-unsaturated/α-hetero) is 4. The number of primary amides is 1. The van der Waals surface area contributed by atoms with Gasteiger partial charge in [-0.05, 0) is 81.9 Å². The Morgan fingerprint density at radius 1 is 1.14 bits per heavy atom. The van der Waals surface area contributed by atoms with Crippen molar-refractivity contribution in [3.05, 3.63) is 28.3 Å². The van der Waals surface area contributed by atoms with Crippen LogP contribution in [-0.2, 0) is 38.3 Å². The molecule has 43 heavy (non-hydrogen) atoms. The Kier molecular flexibility index (Phi) is 7.81. The number of alkyl halides is 3. The van der Waals surface area contributed by atoms with Crippen molar-refractivity contribution < 1.29 is 52.5 Å². The minimum Gasteiger partial charge on any atom is -0.507 e. The number of carbonyl (C=O) groups excluding carboxylic acids is 5. The zero-order valence-corrected chi connectivity index (χ0v) is 23.7. The zero-order chi connectivity index (χ0) is 31.8. The molecule has 1 saturated heterocycles. The number of phenols is 1. The van der Waals surface area contributed by atoms with E-state index in [-0.39, 0.29) is 31.1 Å². The number of hydrogen-bond donors (Lipinski definition) is 4. The number of rotatable bonds is 5. The smallest absolute Gasteiger partial charge is 0.417 e. The number of hydrogen-bond acceptors (Lipinski definition) is 10. The fourth-order valence-corrected chi connectivity index (χ4v) is 7.79. The fraction of sp³-hybridized carbons (Fsp3) is 0.621. The molecule has 2 unspecified atom stereocenters. The predicted molar refractivity (Wildman–Crippen MR) is 141 cm³/mol. The minimum absolute atomic E-state index is 0.0180. The van der Waals surface area contributed by atoms with Crippen molar-refractivity contribution in [2.24, 2.45) is 35.3 Å². The summed E-state index contributed by atoms with van der Waals surface area (Å²) < 4.78 is 44.1. The van der Waals surface area contributed by atoms with Crippen molar-refractivity contribution in [2.45, 2.75) is 50.0 Å². The molecule has 0 spiro atoms. The number of aliphatic hydroxyl groups is 2. The van der Waals surface area contributed by atoms with Gasteiger partial charge in [0.2, 0.25) is 5.91 Å². The van der Waals surface area contributed by atoms with Crippen LogP contribution in [-0.4, -0.2) is 99.6 Å². The Labute approximate surface area is 244 Å². The average Bonchev–Trinajstić information content (AvgIpc) is 2.90. The molecule has 5 N–H and O–H groups in total. The van der Waals surface area contributed by atoms with E-state index in [1.165, 1.54) is 19.0 Å². The first-order chi connectivity index (χ1) is 20.0. The third-order valence-electron chi connectivity index (χ3n) is 9.79. The van der Waals surface area contributed by atoms with Crippen LogP contribution in [0.25, 0.3) is 0 Å². The van der Waals surface area contributed by atoms with E-state index in [1.807, 2.05) is 0 Å². The summed E-state index contributed by atoms with van der Waals surface area (Å²) in [5.41, 5.74) is -0.159. The topological polar surface area (TPSA) is 179 Å². The van der Waals surface area contributed by atoms with Gasteiger partial charge in [-0.25, -0.2) is 0 Å². The molecule has 5 rings (SSSR count). The molecule has 3 aliphatic carbocycles. The molecule has 4 aliphatic rings. The SMILES string of the molecule is CN(C)[C@@H]1C(=O)C(C(N)=O)C(=O)[C@@]2(O)C(=O)C3C(=O)c4c(O)cc(CN5CCC(CO)CC5)c(C(F)(F)F)c4C[C@H]3C[C@@H]12. The molecular weight excluding hydrogens is 575 g/mol.